The van der Waals surface area contributed by atoms with Gasteiger partial charge in [-0.1, -0.05) is 41.9 Å². The van der Waals surface area contributed by atoms with Gasteiger partial charge in [0.25, 0.3) is 0 Å². The van der Waals surface area contributed by atoms with Gasteiger partial charge in [-0.15, -0.1) is 0 Å². The van der Waals surface area contributed by atoms with E-state index >= 15 is 0 Å². The molecule has 2 aromatic rings. The number of anilines is 1. The van der Waals surface area contributed by atoms with Crippen LogP contribution in [0.1, 0.15) is 44.1 Å². The van der Waals surface area contributed by atoms with Crippen molar-refractivity contribution in [3.63, 3.8) is 0 Å². The molecule has 2 heterocycles. The normalized spacial score (nSPS) is 17.2. The van der Waals surface area contributed by atoms with E-state index in [1.165, 1.54) is 0 Å². The molecule has 1 amide bonds. The quantitative estimate of drug-likeness (QED) is 0.863. The van der Waals surface area contributed by atoms with Crippen molar-refractivity contribution in [1.29, 1.82) is 0 Å². The van der Waals surface area contributed by atoms with Gasteiger partial charge in [0.15, 0.2) is 5.82 Å². The second kappa shape index (κ2) is 5.81. The maximum absolute atomic E-state index is 12.0. The number of aromatic nitrogens is 3. The summed E-state index contributed by atoms with van der Waals surface area (Å²) >= 11 is 3.43. The maximum Gasteiger partial charge on any atom is 0.248 e. The summed E-state index contributed by atoms with van der Waals surface area (Å²) in [5.74, 6) is 1.09. The van der Waals surface area contributed by atoms with E-state index in [1.807, 2.05) is 45.0 Å². The lowest BCUT2D eigenvalue weighted by molar-refractivity contribution is -0.115. The number of amides is 1. The van der Waals surface area contributed by atoms with Crippen molar-refractivity contribution in [3.05, 3.63) is 51.4 Å². The van der Waals surface area contributed by atoms with Gasteiger partial charge in [-0.2, -0.15) is 10.1 Å². The first kappa shape index (κ1) is 15.7. The van der Waals surface area contributed by atoms with E-state index in [0.717, 1.165) is 15.9 Å². The number of halogens is 1. The van der Waals surface area contributed by atoms with Gasteiger partial charge in [-0.25, -0.2) is 4.68 Å². The molecule has 0 spiro atoms. The van der Waals surface area contributed by atoms with Gasteiger partial charge in [0, 0.05) is 16.1 Å². The fourth-order valence-electron chi connectivity index (χ4n) is 2.68. The second-order valence-electron chi connectivity index (χ2n) is 5.87. The van der Waals surface area contributed by atoms with Crippen LogP contribution in [0.25, 0.3) is 0 Å². The van der Waals surface area contributed by atoms with Crippen molar-refractivity contribution < 1.29 is 4.79 Å². The van der Waals surface area contributed by atoms with E-state index in [9.17, 15) is 4.79 Å². The summed E-state index contributed by atoms with van der Waals surface area (Å²) in [5, 5.41) is 7.72. The molecule has 7 heteroatoms. The average molecular weight is 376 g/mol. The zero-order valence-electron chi connectivity index (χ0n) is 13.2. The van der Waals surface area contributed by atoms with Crippen LogP contribution in [0.2, 0.25) is 0 Å². The highest BCUT2D eigenvalue weighted by atomic mass is 79.9. The largest absolute Gasteiger partial charge is 0.366 e. The Morgan fingerprint density at radius 2 is 2.00 bits per heavy atom. The third kappa shape index (κ3) is 2.76. The molecule has 1 atom stereocenters. The number of nitrogens with zero attached hydrogens (tertiary/aromatic N) is 3. The van der Waals surface area contributed by atoms with Crippen LogP contribution >= 0.6 is 15.9 Å². The Balaban J connectivity index is 2.19. The number of benzene rings is 1. The second-order valence-corrected chi connectivity index (χ2v) is 6.79. The first-order valence-corrected chi connectivity index (χ1v) is 8.17. The third-order valence-corrected chi connectivity index (χ3v) is 4.37. The molecule has 0 saturated heterocycles. The van der Waals surface area contributed by atoms with Crippen LogP contribution in [0.3, 0.4) is 0 Å². The van der Waals surface area contributed by atoms with E-state index in [2.05, 4.69) is 31.3 Å². The van der Waals surface area contributed by atoms with Gasteiger partial charge in [-0.3, -0.25) is 4.79 Å². The van der Waals surface area contributed by atoms with Crippen LogP contribution in [0.5, 0.6) is 0 Å². The van der Waals surface area contributed by atoms with Crippen LogP contribution in [-0.2, 0) is 4.79 Å². The third-order valence-electron chi connectivity index (χ3n) is 3.84. The molecular weight excluding hydrogens is 358 g/mol. The number of nitrogens with one attached hydrogen (secondary N) is 1. The molecule has 1 aliphatic heterocycles. The van der Waals surface area contributed by atoms with E-state index in [1.54, 1.807) is 4.68 Å². The van der Waals surface area contributed by atoms with Crippen LogP contribution in [0.15, 0.2) is 40.0 Å². The van der Waals surface area contributed by atoms with E-state index in [0.29, 0.717) is 17.2 Å². The van der Waals surface area contributed by atoms with Gasteiger partial charge < -0.3 is 11.1 Å². The molecule has 1 aliphatic rings. The SMILES string of the molecule is CC1=C(C(N)=O)[C@H](c2ccc(Br)cc2)n2nc(C(C)C)nc2N1. The summed E-state index contributed by atoms with van der Waals surface area (Å²) in [5.41, 5.74) is 7.77. The zero-order valence-corrected chi connectivity index (χ0v) is 14.8. The molecule has 0 aliphatic carbocycles. The van der Waals surface area contributed by atoms with E-state index in [-0.39, 0.29) is 12.0 Å². The number of rotatable bonds is 3. The number of allylic oxidation sites excluding steroid dienone is 1. The van der Waals surface area contributed by atoms with Crippen LogP contribution in [0, 0.1) is 0 Å². The van der Waals surface area contributed by atoms with Crippen molar-refractivity contribution in [3.8, 4) is 0 Å². The van der Waals surface area contributed by atoms with Gasteiger partial charge in [0.1, 0.15) is 6.04 Å². The summed E-state index contributed by atoms with van der Waals surface area (Å²) in [6.45, 7) is 5.90. The summed E-state index contributed by atoms with van der Waals surface area (Å²) in [4.78, 5) is 16.6. The number of hydrogen-bond donors (Lipinski definition) is 2. The zero-order chi connectivity index (χ0) is 16.7. The summed E-state index contributed by atoms with van der Waals surface area (Å²) in [6.07, 6.45) is 0. The number of hydrogen-bond acceptors (Lipinski definition) is 4. The van der Waals surface area contributed by atoms with Crippen LogP contribution in [0.4, 0.5) is 5.95 Å². The molecule has 120 valence electrons. The summed E-state index contributed by atoms with van der Waals surface area (Å²) in [6, 6.07) is 7.40. The Bertz CT molecular complexity index is 791. The average Bonchev–Trinajstić information content (AvgIpc) is 2.90. The number of carbonyl (C=O) groups excluding carboxylic acids is 1. The predicted molar refractivity (Wildman–Crippen MR) is 91.9 cm³/mol. The predicted octanol–water partition coefficient (Wildman–Crippen LogP) is 2.94. The lowest BCUT2D eigenvalue weighted by atomic mass is 9.95. The molecule has 1 aromatic heterocycles. The molecule has 0 unspecified atom stereocenters. The van der Waals surface area contributed by atoms with E-state index in [4.69, 9.17) is 5.73 Å². The standard InChI is InChI=1S/C16H18BrN5O/c1-8(2)15-20-16-19-9(3)12(14(18)23)13(22(16)21-15)10-4-6-11(17)7-5-10/h4-8,13H,1-3H3,(H2,18,23)(H,19,20,21)/t13-/m0/s1. The Labute approximate surface area is 142 Å². The lowest BCUT2D eigenvalue weighted by Gasteiger charge is -2.27. The molecule has 3 N–H and O–H groups in total. The fourth-order valence-corrected chi connectivity index (χ4v) is 2.95. The molecule has 1 aromatic carbocycles. The van der Waals surface area contributed by atoms with Crippen LogP contribution < -0.4 is 11.1 Å². The summed E-state index contributed by atoms with van der Waals surface area (Å²) < 4.78 is 2.71. The lowest BCUT2D eigenvalue weighted by Crippen LogP contribution is -2.31. The minimum Gasteiger partial charge on any atom is -0.366 e. The maximum atomic E-state index is 12.0. The Hall–Kier alpha value is -2.15. The number of fused-ring (bicyclic) bond motifs is 1. The number of carbonyl (C=O) groups is 1. The van der Waals surface area contributed by atoms with Gasteiger partial charge in [0.05, 0.1) is 5.57 Å². The highest BCUT2D eigenvalue weighted by Crippen LogP contribution is 2.35. The molecular formula is C16H18BrN5O. The summed E-state index contributed by atoms with van der Waals surface area (Å²) in [7, 11) is 0. The molecule has 23 heavy (non-hydrogen) atoms. The van der Waals surface area contributed by atoms with Crippen molar-refractivity contribution in [2.24, 2.45) is 5.73 Å². The molecule has 0 radical (unpaired) electrons. The minimum atomic E-state index is -0.463. The molecule has 0 saturated carbocycles. The van der Waals surface area contributed by atoms with Crippen molar-refractivity contribution in [2.45, 2.75) is 32.7 Å². The van der Waals surface area contributed by atoms with Gasteiger partial charge in [-0.05, 0) is 24.6 Å². The van der Waals surface area contributed by atoms with Gasteiger partial charge >= 0.3 is 0 Å². The first-order valence-electron chi connectivity index (χ1n) is 7.38. The molecule has 0 bridgehead atoms. The van der Waals surface area contributed by atoms with E-state index < -0.39 is 5.91 Å². The Morgan fingerprint density at radius 1 is 1.35 bits per heavy atom. The molecule has 6 nitrogen and oxygen atoms in total. The molecule has 3 rings (SSSR count). The van der Waals surface area contributed by atoms with Crippen molar-refractivity contribution >= 4 is 27.8 Å². The molecule has 0 fully saturated rings. The first-order chi connectivity index (χ1) is 10.9. The highest BCUT2D eigenvalue weighted by Gasteiger charge is 2.33. The fraction of sp³-hybridized carbons (Fsp3) is 0.312. The highest BCUT2D eigenvalue weighted by molar-refractivity contribution is 9.10. The smallest absolute Gasteiger partial charge is 0.248 e. The monoisotopic (exact) mass is 375 g/mol. The number of primary amides is 1. The Morgan fingerprint density at radius 3 is 2.57 bits per heavy atom. The topological polar surface area (TPSA) is 85.8 Å². The van der Waals surface area contributed by atoms with Crippen LogP contribution in [-0.4, -0.2) is 20.7 Å². The van der Waals surface area contributed by atoms with Gasteiger partial charge in [0.2, 0.25) is 11.9 Å². The Kier molecular flexibility index (Phi) is 3.97. The minimum absolute atomic E-state index is 0.192. The van der Waals surface area contributed by atoms with Crippen molar-refractivity contribution in [2.75, 3.05) is 5.32 Å². The van der Waals surface area contributed by atoms with Crippen molar-refractivity contribution in [1.82, 2.24) is 14.8 Å². The number of nitrogens with two attached hydrogens (primary N) is 1.